The van der Waals surface area contributed by atoms with Gasteiger partial charge < -0.3 is 18.9 Å². The standard InChI is InChI=1S/C18H22O7S/c1-10-5-7-14(8-6-10)26-18-17(25-13(4)21)16(24-12(3)20)15(9-22-18)23-11(2)19/h5-8,15-18H,9H2,1-4H3/t15-,16-,17+,18+/m1/s1. The molecule has 0 bridgehead atoms. The molecule has 0 N–H and O–H groups in total. The van der Waals surface area contributed by atoms with Crippen LogP contribution >= 0.6 is 11.8 Å². The molecule has 1 aliphatic rings. The second-order valence-corrected chi connectivity index (χ2v) is 7.10. The minimum atomic E-state index is -0.947. The van der Waals surface area contributed by atoms with Gasteiger partial charge in [0.05, 0.1) is 6.61 Å². The van der Waals surface area contributed by atoms with Crippen molar-refractivity contribution in [3.8, 4) is 0 Å². The van der Waals surface area contributed by atoms with Crippen LogP contribution in [-0.2, 0) is 33.3 Å². The quantitative estimate of drug-likeness (QED) is 0.566. The average molecular weight is 382 g/mol. The second-order valence-electron chi connectivity index (χ2n) is 5.93. The van der Waals surface area contributed by atoms with Crippen molar-refractivity contribution in [1.82, 2.24) is 0 Å². The Balaban J connectivity index is 2.25. The molecule has 0 aliphatic carbocycles. The highest BCUT2D eigenvalue weighted by Gasteiger charge is 2.47. The maximum absolute atomic E-state index is 11.6. The van der Waals surface area contributed by atoms with Crippen molar-refractivity contribution >= 4 is 29.7 Å². The van der Waals surface area contributed by atoms with Gasteiger partial charge in [0, 0.05) is 25.7 Å². The van der Waals surface area contributed by atoms with Crippen LogP contribution in [0.5, 0.6) is 0 Å². The summed E-state index contributed by atoms with van der Waals surface area (Å²) in [6.45, 7) is 5.76. The van der Waals surface area contributed by atoms with Gasteiger partial charge in [-0.25, -0.2) is 0 Å². The molecule has 4 atom stereocenters. The van der Waals surface area contributed by atoms with Gasteiger partial charge in [-0.05, 0) is 19.1 Å². The first kappa shape index (κ1) is 20.3. The second kappa shape index (κ2) is 9.05. The molecule has 26 heavy (non-hydrogen) atoms. The Morgan fingerprint density at radius 3 is 2.00 bits per heavy atom. The lowest BCUT2D eigenvalue weighted by Gasteiger charge is -2.40. The van der Waals surface area contributed by atoms with Crippen molar-refractivity contribution in [2.45, 2.75) is 56.3 Å². The van der Waals surface area contributed by atoms with Crippen LogP contribution < -0.4 is 0 Å². The summed E-state index contributed by atoms with van der Waals surface area (Å²) >= 11 is 1.34. The first-order chi connectivity index (χ1) is 12.3. The maximum Gasteiger partial charge on any atom is 0.303 e. The summed E-state index contributed by atoms with van der Waals surface area (Å²) in [5, 5.41) is 0. The zero-order valence-electron chi connectivity index (χ0n) is 15.1. The number of rotatable bonds is 5. The Morgan fingerprint density at radius 1 is 0.923 bits per heavy atom. The topological polar surface area (TPSA) is 88.1 Å². The summed E-state index contributed by atoms with van der Waals surface area (Å²) in [6.07, 6.45) is -2.71. The zero-order valence-corrected chi connectivity index (χ0v) is 15.9. The molecule has 0 unspecified atom stereocenters. The summed E-state index contributed by atoms with van der Waals surface area (Å²) in [5.74, 6) is -1.65. The first-order valence-corrected chi connectivity index (χ1v) is 9.01. The molecule has 8 heteroatoms. The zero-order chi connectivity index (χ0) is 19.3. The van der Waals surface area contributed by atoms with Gasteiger partial charge in [0.15, 0.2) is 18.3 Å². The highest BCUT2D eigenvalue weighted by atomic mass is 32.2. The Bertz CT molecular complexity index is 658. The molecule has 1 heterocycles. The van der Waals surface area contributed by atoms with Crippen molar-refractivity contribution < 1.29 is 33.3 Å². The van der Waals surface area contributed by atoms with Crippen molar-refractivity contribution in [3.63, 3.8) is 0 Å². The fourth-order valence-electron chi connectivity index (χ4n) is 2.56. The van der Waals surface area contributed by atoms with Crippen LogP contribution in [0.4, 0.5) is 0 Å². The number of carbonyl (C=O) groups is 3. The van der Waals surface area contributed by atoms with Crippen LogP contribution in [-0.4, -0.2) is 48.3 Å². The predicted octanol–water partition coefficient (Wildman–Crippen LogP) is 2.24. The number of hydrogen-bond acceptors (Lipinski definition) is 8. The van der Waals surface area contributed by atoms with Crippen molar-refractivity contribution in [1.29, 1.82) is 0 Å². The number of carbonyl (C=O) groups excluding carboxylic acids is 3. The van der Waals surface area contributed by atoms with E-state index in [9.17, 15) is 14.4 Å². The number of hydrogen-bond donors (Lipinski definition) is 0. The fourth-order valence-corrected chi connectivity index (χ4v) is 3.61. The molecule has 0 spiro atoms. The summed E-state index contributed by atoms with van der Waals surface area (Å²) in [4.78, 5) is 35.4. The predicted molar refractivity (Wildman–Crippen MR) is 93.4 cm³/mol. The van der Waals surface area contributed by atoms with Crippen LogP contribution in [0.3, 0.4) is 0 Å². The van der Waals surface area contributed by atoms with Crippen LogP contribution in [0.2, 0.25) is 0 Å². The molecule has 1 aromatic rings. The number of ether oxygens (including phenoxy) is 4. The van der Waals surface area contributed by atoms with E-state index in [2.05, 4.69) is 0 Å². The molecule has 0 radical (unpaired) electrons. The van der Waals surface area contributed by atoms with E-state index < -0.39 is 41.7 Å². The van der Waals surface area contributed by atoms with E-state index in [1.54, 1.807) is 0 Å². The number of esters is 3. The Hall–Kier alpha value is -2.06. The number of aryl methyl sites for hydroxylation is 1. The molecule has 1 saturated heterocycles. The van der Waals surface area contributed by atoms with E-state index in [4.69, 9.17) is 18.9 Å². The summed E-state index contributed by atoms with van der Waals surface area (Å²) in [7, 11) is 0. The van der Waals surface area contributed by atoms with E-state index in [1.807, 2.05) is 31.2 Å². The minimum absolute atomic E-state index is 0.0266. The minimum Gasteiger partial charge on any atom is -0.456 e. The van der Waals surface area contributed by atoms with Gasteiger partial charge in [0.25, 0.3) is 0 Å². The molecular formula is C18H22O7S. The van der Waals surface area contributed by atoms with Crippen molar-refractivity contribution in [2.75, 3.05) is 6.61 Å². The van der Waals surface area contributed by atoms with E-state index >= 15 is 0 Å². The third kappa shape index (κ3) is 5.74. The maximum atomic E-state index is 11.6. The third-order valence-corrected chi connectivity index (χ3v) is 4.76. The van der Waals surface area contributed by atoms with Crippen LogP contribution in [0.25, 0.3) is 0 Å². The van der Waals surface area contributed by atoms with E-state index in [0.29, 0.717) is 0 Å². The molecule has 1 fully saturated rings. The van der Waals surface area contributed by atoms with Crippen molar-refractivity contribution in [2.24, 2.45) is 0 Å². The summed E-state index contributed by atoms with van der Waals surface area (Å²) < 4.78 is 21.6. The Morgan fingerprint density at radius 2 is 1.46 bits per heavy atom. The lowest BCUT2D eigenvalue weighted by atomic mass is 10.1. The monoisotopic (exact) mass is 382 g/mol. The van der Waals surface area contributed by atoms with E-state index in [1.165, 1.54) is 32.5 Å². The Labute approximate surface area is 156 Å². The van der Waals surface area contributed by atoms with Crippen LogP contribution in [0.1, 0.15) is 26.3 Å². The lowest BCUT2D eigenvalue weighted by Crippen LogP contribution is -2.56. The van der Waals surface area contributed by atoms with Crippen LogP contribution in [0, 0.1) is 6.92 Å². The van der Waals surface area contributed by atoms with Gasteiger partial charge in [-0.2, -0.15) is 0 Å². The molecule has 1 aliphatic heterocycles. The van der Waals surface area contributed by atoms with Gasteiger partial charge in [0.1, 0.15) is 5.44 Å². The highest BCUT2D eigenvalue weighted by Crippen LogP contribution is 2.34. The van der Waals surface area contributed by atoms with Crippen molar-refractivity contribution in [3.05, 3.63) is 29.8 Å². The number of benzene rings is 1. The molecule has 0 aromatic heterocycles. The summed E-state index contributed by atoms with van der Waals surface area (Å²) in [6, 6.07) is 7.76. The Kier molecular flexibility index (Phi) is 7.05. The van der Waals surface area contributed by atoms with Gasteiger partial charge >= 0.3 is 17.9 Å². The normalized spacial score (nSPS) is 25.2. The SMILES string of the molecule is CC(=O)O[C@H]1[C@H](OC(C)=O)[C@H](Sc2ccc(C)cc2)OC[C@H]1OC(C)=O. The molecule has 0 amide bonds. The van der Waals surface area contributed by atoms with Gasteiger partial charge in [-0.1, -0.05) is 29.5 Å². The number of thioether (sulfide) groups is 1. The molecular weight excluding hydrogens is 360 g/mol. The van der Waals surface area contributed by atoms with Gasteiger partial charge in [-0.15, -0.1) is 0 Å². The van der Waals surface area contributed by atoms with E-state index in [-0.39, 0.29) is 6.61 Å². The first-order valence-electron chi connectivity index (χ1n) is 8.13. The molecule has 1 aromatic carbocycles. The third-order valence-electron chi connectivity index (χ3n) is 3.58. The fraction of sp³-hybridized carbons (Fsp3) is 0.500. The largest absolute Gasteiger partial charge is 0.456 e. The van der Waals surface area contributed by atoms with Crippen LogP contribution in [0.15, 0.2) is 29.2 Å². The molecule has 0 saturated carbocycles. The molecule has 7 nitrogen and oxygen atoms in total. The smallest absolute Gasteiger partial charge is 0.303 e. The molecule has 142 valence electrons. The van der Waals surface area contributed by atoms with Gasteiger partial charge in [0.2, 0.25) is 0 Å². The summed E-state index contributed by atoms with van der Waals surface area (Å²) in [5.41, 5.74) is 0.501. The average Bonchev–Trinajstić information content (AvgIpc) is 2.53. The van der Waals surface area contributed by atoms with E-state index in [0.717, 1.165) is 10.5 Å². The van der Waals surface area contributed by atoms with Gasteiger partial charge in [-0.3, -0.25) is 14.4 Å². The lowest BCUT2D eigenvalue weighted by molar-refractivity contribution is -0.213. The highest BCUT2D eigenvalue weighted by molar-refractivity contribution is 7.99. The molecule has 2 rings (SSSR count).